The predicted molar refractivity (Wildman–Crippen MR) is 88.8 cm³/mol. The van der Waals surface area contributed by atoms with Gasteiger partial charge < -0.3 is 0 Å². The lowest BCUT2D eigenvalue weighted by Gasteiger charge is -2.30. The standard InChI is InChI=1S/C20H17NO/c1-3-9-17-14(6-1)8-5-10-18(17)20-13-16-12-15-7-2-4-11-19(15)21(20)22-16/h1-11,16,20H,12-13H2/t16?,20-/m0/s1. The second-order valence-electron chi connectivity index (χ2n) is 6.21. The molecule has 1 fully saturated rings. The minimum atomic E-state index is 0.305. The van der Waals surface area contributed by atoms with Crippen molar-refractivity contribution in [3.8, 4) is 0 Å². The van der Waals surface area contributed by atoms with E-state index in [-0.39, 0.29) is 0 Å². The first-order valence-electron chi connectivity index (χ1n) is 7.92. The van der Waals surface area contributed by atoms with Crippen molar-refractivity contribution in [3.05, 3.63) is 77.9 Å². The number of hydroxylamine groups is 1. The molecule has 2 atom stereocenters. The number of hydrogen-bond acceptors (Lipinski definition) is 2. The van der Waals surface area contributed by atoms with E-state index >= 15 is 0 Å². The molecule has 2 bridgehead atoms. The number of para-hydroxylation sites is 1. The van der Waals surface area contributed by atoms with Crippen molar-refractivity contribution in [2.45, 2.75) is 25.0 Å². The molecule has 0 saturated carbocycles. The molecule has 0 radical (unpaired) electrons. The maximum atomic E-state index is 6.17. The first-order chi connectivity index (χ1) is 10.9. The summed E-state index contributed by atoms with van der Waals surface area (Å²) in [5.74, 6) is 0. The Morgan fingerprint density at radius 2 is 1.68 bits per heavy atom. The van der Waals surface area contributed by atoms with Crippen molar-refractivity contribution in [1.29, 1.82) is 0 Å². The van der Waals surface area contributed by atoms with Crippen LogP contribution in [-0.4, -0.2) is 6.10 Å². The van der Waals surface area contributed by atoms with E-state index in [0.29, 0.717) is 12.1 Å². The monoisotopic (exact) mass is 287 g/mol. The summed E-state index contributed by atoms with van der Waals surface area (Å²) in [6.45, 7) is 0. The van der Waals surface area contributed by atoms with Crippen molar-refractivity contribution in [2.24, 2.45) is 0 Å². The Hall–Kier alpha value is -2.32. The Morgan fingerprint density at radius 1 is 0.864 bits per heavy atom. The first-order valence-corrected chi connectivity index (χ1v) is 7.92. The highest BCUT2D eigenvalue weighted by Crippen LogP contribution is 2.45. The van der Waals surface area contributed by atoms with Gasteiger partial charge in [-0.05, 0) is 28.0 Å². The molecule has 2 aliphatic rings. The SMILES string of the molecule is c1ccc2c(c1)CC1C[C@@H](c3cccc4ccccc34)N2O1. The Morgan fingerprint density at radius 3 is 2.68 bits per heavy atom. The van der Waals surface area contributed by atoms with Crippen molar-refractivity contribution in [1.82, 2.24) is 0 Å². The Bertz CT molecular complexity index is 852. The number of hydrogen-bond donors (Lipinski definition) is 0. The Labute approximate surface area is 129 Å². The second kappa shape index (κ2) is 4.59. The fourth-order valence-electron chi connectivity index (χ4n) is 3.91. The highest BCUT2D eigenvalue weighted by Gasteiger charge is 2.40. The van der Waals surface area contributed by atoms with Crippen LogP contribution in [0.25, 0.3) is 10.8 Å². The van der Waals surface area contributed by atoms with Crippen LogP contribution in [0, 0.1) is 0 Å². The van der Waals surface area contributed by atoms with Crippen LogP contribution in [0.3, 0.4) is 0 Å². The molecule has 0 N–H and O–H groups in total. The lowest BCUT2D eigenvalue weighted by atomic mass is 9.95. The molecule has 1 saturated heterocycles. The van der Waals surface area contributed by atoms with Gasteiger partial charge in [0, 0.05) is 12.8 Å². The van der Waals surface area contributed by atoms with Crippen molar-refractivity contribution < 1.29 is 4.84 Å². The van der Waals surface area contributed by atoms with E-state index in [9.17, 15) is 0 Å². The average Bonchev–Trinajstić information content (AvgIpc) is 2.92. The fourth-order valence-corrected chi connectivity index (χ4v) is 3.91. The molecule has 22 heavy (non-hydrogen) atoms. The van der Waals surface area contributed by atoms with E-state index in [1.165, 1.54) is 27.6 Å². The molecular weight excluding hydrogens is 270 g/mol. The van der Waals surface area contributed by atoms with Gasteiger partial charge in [-0.1, -0.05) is 60.7 Å². The van der Waals surface area contributed by atoms with Crippen LogP contribution in [0.2, 0.25) is 0 Å². The Kier molecular flexibility index (Phi) is 2.55. The maximum absolute atomic E-state index is 6.17. The zero-order valence-corrected chi connectivity index (χ0v) is 12.3. The van der Waals surface area contributed by atoms with Gasteiger partial charge in [0.05, 0.1) is 17.8 Å². The van der Waals surface area contributed by atoms with Crippen LogP contribution in [0.5, 0.6) is 0 Å². The Balaban J connectivity index is 1.67. The zero-order valence-electron chi connectivity index (χ0n) is 12.3. The van der Waals surface area contributed by atoms with E-state index in [2.05, 4.69) is 71.8 Å². The van der Waals surface area contributed by atoms with Crippen LogP contribution in [0.4, 0.5) is 5.69 Å². The van der Waals surface area contributed by atoms with Crippen molar-refractivity contribution >= 4 is 16.5 Å². The molecule has 3 aromatic carbocycles. The van der Waals surface area contributed by atoms with Crippen LogP contribution < -0.4 is 5.06 Å². The van der Waals surface area contributed by atoms with E-state index in [1.54, 1.807) is 0 Å². The highest BCUT2D eigenvalue weighted by atomic mass is 16.7. The summed E-state index contributed by atoms with van der Waals surface area (Å²) < 4.78 is 0. The summed E-state index contributed by atoms with van der Waals surface area (Å²) in [4.78, 5) is 6.17. The quantitative estimate of drug-likeness (QED) is 0.646. The third kappa shape index (κ3) is 1.71. The van der Waals surface area contributed by atoms with Gasteiger partial charge in [-0.25, -0.2) is 5.06 Å². The minimum absolute atomic E-state index is 0.305. The molecule has 1 unspecified atom stereocenters. The van der Waals surface area contributed by atoms with Gasteiger partial charge in [0.1, 0.15) is 0 Å². The molecule has 0 amide bonds. The molecule has 2 nitrogen and oxygen atoms in total. The fraction of sp³-hybridized carbons (Fsp3) is 0.200. The van der Waals surface area contributed by atoms with E-state index in [1.807, 2.05) is 0 Å². The summed E-state index contributed by atoms with van der Waals surface area (Å²) in [5.41, 5.74) is 4.01. The topological polar surface area (TPSA) is 12.5 Å². The average molecular weight is 287 g/mol. The molecule has 5 rings (SSSR count). The van der Waals surface area contributed by atoms with E-state index in [0.717, 1.165) is 12.8 Å². The van der Waals surface area contributed by atoms with Gasteiger partial charge in [0.2, 0.25) is 0 Å². The highest BCUT2D eigenvalue weighted by molar-refractivity contribution is 5.86. The molecule has 0 aromatic heterocycles. The van der Waals surface area contributed by atoms with E-state index in [4.69, 9.17) is 4.84 Å². The second-order valence-corrected chi connectivity index (χ2v) is 6.21. The molecule has 3 aromatic rings. The lowest BCUT2D eigenvalue weighted by molar-refractivity contribution is 0.0735. The molecule has 0 spiro atoms. The lowest BCUT2D eigenvalue weighted by Crippen LogP contribution is -2.27. The number of benzene rings is 3. The maximum Gasteiger partial charge on any atom is 0.0921 e. The summed E-state index contributed by atoms with van der Waals surface area (Å²) in [6, 6.07) is 24.2. The largest absolute Gasteiger partial charge is 0.269 e. The van der Waals surface area contributed by atoms with Gasteiger partial charge in [-0.3, -0.25) is 4.84 Å². The predicted octanol–water partition coefficient (Wildman–Crippen LogP) is 4.65. The molecule has 2 heterocycles. The molecule has 2 heteroatoms. The summed E-state index contributed by atoms with van der Waals surface area (Å²) in [5, 5.41) is 4.78. The summed E-state index contributed by atoms with van der Waals surface area (Å²) in [6.07, 6.45) is 2.38. The summed E-state index contributed by atoms with van der Waals surface area (Å²) >= 11 is 0. The number of rotatable bonds is 1. The third-order valence-electron chi connectivity index (χ3n) is 4.89. The summed E-state index contributed by atoms with van der Waals surface area (Å²) in [7, 11) is 0. The molecule has 108 valence electrons. The molecule has 2 aliphatic heterocycles. The molecular formula is C20H17NO. The van der Waals surface area contributed by atoms with Crippen molar-refractivity contribution in [2.75, 3.05) is 5.06 Å². The number of anilines is 1. The van der Waals surface area contributed by atoms with Crippen LogP contribution in [0.15, 0.2) is 66.7 Å². The van der Waals surface area contributed by atoms with Crippen LogP contribution in [0.1, 0.15) is 23.6 Å². The van der Waals surface area contributed by atoms with Gasteiger partial charge in [-0.15, -0.1) is 0 Å². The van der Waals surface area contributed by atoms with Gasteiger partial charge in [0.25, 0.3) is 0 Å². The number of nitrogens with zero attached hydrogens (tertiary/aromatic N) is 1. The van der Waals surface area contributed by atoms with Crippen LogP contribution in [-0.2, 0) is 11.3 Å². The number of fused-ring (bicyclic) bond motifs is 5. The zero-order chi connectivity index (χ0) is 14.5. The van der Waals surface area contributed by atoms with Crippen molar-refractivity contribution in [3.63, 3.8) is 0 Å². The first kappa shape index (κ1) is 12.2. The normalized spacial score (nSPS) is 22.8. The minimum Gasteiger partial charge on any atom is -0.269 e. The third-order valence-corrected chi connectivity index (χ3v) is 4.89. The van der Waals surface area contributed by atoms with Crippen LogP contribution >= 0.6 is 0 Å². The van der Waals surface area contributed by atoms with Gasteiger partial charge in [-0.2, -0.15) is 0 Å². The van der Waals surface area contributed by atoms with Gasteiger partial charge in [0.15, 0.2) is 0 Å². The van der Waals surface area contributed by atoms with E-state index < -0.39 is 0 Å². The van der Waals surface area contributed by atoms with Gasteiger partial charge >= 0.3 is 0 Å². The molecule has 0 aliphatic carbocycles. The smallest absolute Gasteiger partial charge is 0.0921 e.